The number of amides is 2. The van der Waals surface area contributed by atoms with Crippen LogP contribution in [0.15, 0.2) is 0 Å². The fourth-order valence-electron chi connectivity index (χ4n) is 1.92. The number of nitrogens with zero attached hydrogens (tertiary/aromatic N) is 1. The van der Waals surface area contributed by atoms with Crippen LogP contribution >= 0.6 is 0 Å². The fraction of sp³-hybridized carbons (Fsp3) is 0.857. The molecular formula is C14H29N3O3. The van der Waals surface area contributed by atoms with Crippen LogP contribution in [0, 0.1) is 5.92 Å². The molecule has 3 N–H and O–H groups in total. The molecule has 0 aliphatic rings. The Hall–Kier alpha value is -1.30. The van der Waals surface area contributed by atoms with Gasteiger partial charge in [0.05, 0.1) is 0 Å². The second kappa shape index (κ2) is 10.5. The van der Waals surface area contributed by atoms with Crippen LogP contribution in [0.2, 0.25) is 0 Å². The summed E-state index contributed by atoms with van der Waals surface area (Å²) in [5.41, 5.74) is 0. The van der Waals surface area contributed by atoms with Crippen molar-refractivity contribution in [1.29, 1.82) is 0 Å². The first-order valence-electron chi connectivity index (χ1n) is 7.45. The number of aliphatic carboxylic acids is 1. The standard InChI is InChI=1S/C14H29N3O3/c1-5-11(4)12(13(18)19)16-14(20)15-9-8-10-17(6-2)7-3/h11-12H,5-10H2,1-4H3,(H,18,19)(H2,15,16,20). The van der Waals surface area contributed by atoms with Crippen molar-refractivity contribution in [2.24, 2.45) is 5.92 Å². The normalized spacial score (nSPS) is 13.8. The van der Waals surface area contributed by atoms with E-state index in [0.717, 1.165) is 26.1 Å². The predicted molar refractivity (Wildman–Crippen MR) is 79.8 cm³/mol. The molecule has 118 valence electrons. The zero-order valence-corrected chi connectivity index (χ0v) is 13.1. The Bertz CT molecular complexity index is 293. The smallest absolute Gasteiger partial charge is 0.326 e. The lowest BCUT2D eigenvalue weighted by molar-refractivity contribution is -0.140. The third-order valence-corrected chi connectivity index (χ3v) is 3.60. The van der Waals surface area contributed by atoms with Gasteiger partial charge in [0.25, 0.3) is 0 Å². The average molecular weight is 287 g/mol. The van der Waals surface area contributed by atoms with E-state index < -0.39 is 18.0 Å². The zero-order valence-electron chi connectivity index (χ0n) is 13.1. The van der Waals surface area contributed by atoms with Gasteiger partial charge in [-0.1, -0.05) is 34.1 Å². The maximum Gasteiger partial charge on any atom is 0.326 e. The molecule has 2 atom stereocenters. The van der Waals surface area contributed by atoms with E-state index in [1.807, 2.05) is 13.8 Å². The number of urea groups is 1. The molecule has 6 heteroatoms. The van der Waals surface area contributed by atoms with Gasteiger partial charge in [-0.3, -0.25) is 0 Å². The highest BCUT2D eigenvalue weighted by molar-refractivity contribution is 5.82. The minimum absolute atomic E-state index is 0.0890. The highest BCUT2D eigenvalue weighted by Gasteiger charge is 2.24. The molecule has 0 aromatic carbocycles. The Morgan fingerprint density at radius 2 is 1.80 bits per heavy atom. The third kappa shape index (κ3) is 7.33. The van der Waals surface area contributed by atoms with E-state index in [-0.39, 0.29) is 5.92 Å². The molecule has 0 aromatic rings. The summed E-state index contributed by atoms with van der Waals surface area (Å²) >= 11 is 0. The van der Waals surface area contributed by atoms with Gasteiger partial charge in [0.2, 0.25) is 0 Å². The summed E-state index contributed by atoms with van der Waals surface area (Å²) in [7, 11) is 0. The third-order valence-electron chi connectivity index (χ3n) is 3.60. The van der Waals surface area contributed by atoms with Crippen molar-refractivity contribution in [3.63, 3.8) is 0 Å². The minimum atomic E-state index is -0.988. The highest BCUT2D eigenvalue weighted by Crippen LogP contribution is 2.07. The van der Waals surface area contributed by atoms with Crippen LogP contribution in [-0.4, -0.2) is 54.2 Å². The van der Waals surface area contributed by atoms with E-state index >= 15 is 0 Å². The van der Waals surface area contributed by atoms with Gasteiger partial charge in [0, 0.05) is 6.54 Å². The number of hydrogen-bond donors (Lipinski definition) is 3. The van der Waals surface area contributed by atoms with Crippen molar-refractivity contribution in [2.45, 2.75) is 46.6 Å². The number of rotatable bonds is 10. The summed E-state index contributed by atoms with van der Waals surface area (Å²) in [5, 5.41) is 14.3. The lowest BCUT2D eigenvalue weighted by atomic mass is 9.99. The molecule has 0 saturated heterocycles. The largest absolute Gasteiger partial charge is 0.480 e. The summed E-state index contributed by atoms with van der Waals surface area (Å²) in [4.78, 5) is 25.0. The summed E-state index contributed by atoms with van der Waals surface area (Å²) in [6.07, 6.45) is 1.56. The molecule has 20 heavy (non-hydrogen) atoms. The van der Waals surface area contributed by atoms with Crippen molar-refractivity contribution in [2.75, 3.05) is 26.2 Å². The molecule has 0 aliphatic heterocycles. The first-order chi connectivity index (χ1) is 9.46. The molecule has 0 rings (SSSR count). The maximum absolute atomic E-state index is 11.7. The van der Waals surface area contributed by atoms with Gasteiger partial charge < -0.3 is 20.6 Å². The fourth-order valence-corrected chi connectivity index (χ4v) is 1.92. The molecule has 0 spiro atoms. The average Bonchev–Trinajstić information content (AvgIpc) is 2.43. The van der Waals surface area contributed by atoms with E-state index in [0.29, 0.717) is 13.0 Å². The van der Waals surface area contributed by atoms with Gasteiger partial charge in [-0.05, 0) is 32.0 Å². The lowest BCUT2D eigenvalue weighted by Crippen LogP contribution is -2.49. The van der Waals surface area contributed by atoms with Crippen LogP contribution < -0.4 is 10.6 Å². The van der Waals surface area contributed by atoms with E-state index in [2.05, 4.69) is 29.4 Å². The van der Waals surface area contributed by atoms with Crippen molar-refractivity contribution >= 4 is 12.0 Å². The molecule has 2 amide bonds. The van der Waals surface area contributed by atoms with E-state index in [1.165, 1.54) is 0 Å². The number of carbonyl (C=O) groups is 2. The molecule has 0 radical (unpaired) electrons. The van der Waals surface area contributed by atoms with Crippen molar-refractivity contribution in [3.05, 3.63) is 0 Å². The summed E-state index contributed by atoms with van der Waals surface area (Å²) in [6, 6.07) is -1.24. The number of hydrogen-bond acceptors (Lipinski definition) is 3. The van der Waals surface area contributed by atoms with Gasteiger partial charge in [0.15, 0.2) is 0 Å². The second-order valence-electron chi connectivity index (χ2n) is 4.98. The van der Waals surface area contributed by atoms with E-state index in [4.69, 9.17) is 5.11 Å². The van der Waals surface area contributed by atoms with Crippen LogP contribution in [0.3, 0.4) is 0 Å². The van der Waals surface area contributed by atoms with E-state index in [9.17, 15) is 9.59 Å². The Balaban J connectivity index is 4.00. The Kier molecular flexibility index (Phi) is 9.80. The molecule has 6 nitrogen and oxygen atoms in total. The minimum Gasteiger partial charge on any atom is -0.480 e. The Labute approximate surface area is 121 Å². The summed E-state index contributed by atoms with van der Waals surface area (Å²) < 4.78 is 0. The number of carboxylic acid groups (broad SMARTS) is 1. The molecule has 2 unspecified atom stereocenters. The van der Waals surface area contributed by atoms with Crippen LogP contribution in [0.25, 0.3) is 0 Å². The summed E-state index contributed by atoms with van der Waals surface area (Å²) in [6.45, 7) is 11.4. The predicted octanol–water partition coefficient (Wildman–Crippen LogP) is 1.52. The maximum atomic E-state index is 11.7. The van der Waals surface area contributed by atoms with Crippen LogP contribution in [0.1, 0.15) is 40.5 Å². The highest BCUT2D eigenvalue weighted by atomic mass is 16.4. The van der Waals surface area contributed by atoms with Gasteiger partial charge in [0.1, 0.15) is 6.04 Å². The quantitative estimate of drug-likeness (QED) is 0.532. The SMILES string of the molecule is CCC(C)C(NC(=O)NCCCN(CC)CC)C(=O)O. The van der Waals surface area contributed by atoms with Gasteiger partial charge in [-0.25, -0.2) is 9.59 Å². The second-order valence-corrected chi connectivity index (χ2v) is 4.98. The lowest BCUT2D eigenvalue weighted by Gasteiger charge is -2.21. The van der Waals surface area contributed by atoms with Gasteiger partial charge in [-0.15, -0.1) is 0 Å². The molecule has 0 fully saturated rings. The zero-order chi connectivity index (χ0) is 15.5. The van der Waals surface area contributed by atoms with Crippen LogP contribution in [-0.2, 0) is 4.79 Å². The number of carboxylic acids is 1. The van der Waals surface area contributed by atoms with E-state index in [1.54, 1.807) is 0 Å². The van der Waals surface area contributed by atoms with Gasteiger partial charge >= 0.3 is 12.0 Å². The number of carbonyl (C=O) groups excluding carboxylic acids is 1. The molecule has 0 aromatic heterocycles. The first-order valence-corrected chi connectivity index (χ1v) is 7.45. The molecule has 0 bridgehead atoms. The van der Waals surface area contributed by atoms with Crippen LogP contribution in [0.5, 0.6) is 0 Å². The van der Waals surface area contributed by atoms with Crippen molar-refractivity contribution in [3.8, 4) is 0 Å². The van der Waals surface area contributed by atoms with Gasteiger partial charge in [-0.2, -0.15) is 0 Å². The van der Waals surface area contributed by atoms with Crippen LogP contribution in [0.4, 0.5) is 4.79 Å². The monoisotopic (exact) mass is 287 g/mol. The Morgan fingerprint density at radius 3 is 2.25 bits per heavy atom. The Morgan fingerprint density at radius 1 is 1.20 bits per heavy atom. The first kappa shape index (κ1) is 18.7. The van der Waals surface area contributed by atoms with Crippen molar-refractivity contribution in [1.82, 2.24) is 15.5 Å². The van der Waals surface area contributed by atoms with Crippen molar-refractivity contribution < 1.29 is 14.7 Å². The molecule has 0 heterocycles. The molecule has 0 saturated carbocycles. The number of nitrogens with one attached hydrogen (secondary N) is 2. The topological polar surface area (TPSA) is 81.7 Å². The molecule has 0 aliphatic carbocycles. The molecular weight excluding hydrogens is 258 g/mol. The summed E-state index contributed by atoms with van der Waals surface area (Å²) in [5.74, 6) is -1.08.